The molecule has 0 aromatic rings. The van der Waals surface area contributed by atoms with Gasteiger partial charge in [-0.05, 0) is 13.5 Å². The molecule has 82 valence electrons. The van der Waals surface area contributed by atoms with Crippen LogP contribution in [-0.4, -0.2) is 53.6 Å². The molecule has 5 nitrogen and oxygen atoms in total. The highest BCUT2D eigenvalue weighted by atomic mass is 16.6. The average molecular weight is 203 g/mol. The first-order chi connectivity index (χ1) is 6.58. The molecule has 1 aliphatic rings. The quantitative estimate of drug-likeness (QED) is 0.610. The maximum Gasteiger partial charge on any atom is 0.303 e. The number of hydrogen-bond donors (Lipinski definition) is 2. The molecule has 0 amide bonds. The van der Waals surface area contributed by atoms with Crippen LogP contribution in [0.5, 0.6) is 0 Å². The van der Waals surface area contributed by atoms with Crippen LogP contribution in [0.15, 0.2) is 0 Å². The third-order valence-corrected chi connectivity index (χ3v) is 2.30. The molecule has 5 heteroatoms. The van der Waals surface area contributed by atoms with Crippen molar-refractivity contribution in [2.75, 3.05) is 20.1 Å². The molecule has 0 aromatic carbocycles. The first kappa shape index (κ1) is 11.4. The second-order valence-corrected chi connectivity index (χ2v) is 3.70. The summed E-state index contributed by atoms with van der Waals surface area (Å²) in [6.07, 6.45) is 0.117. The summed E-state index contributed by atoms with van der Waals surface area (Å²) in [6.45, 7) is 1.78. The summed E-state index contributed by atoms with van der Waals surface area (Å²) in [5.41, 5.74) is 0. The maximum atomic E-state index is 10.2. The molecule has 2 atom stereocenters. The lowest BCUT2D eigenvalue weighted by atomic mass is 10.3. The van der Waals surface area contributed by atoms with Gasteiger partial charge in [0.1, 0.15) is 0 Å². The Bertz CT molecular complexity index is 197. The van der Waals surface area contributed by atoms with Gasteiger partial charge in [0.15, 0.2) is 6.29 Å². The standard InChI is InChI=1S/C9H17NO4/c1-10-5-4-7(6-10)14-9(13)3-2-8(11)12/h7,9,13H,2-6H2,1H3,(H,11,12). The van der Waals surface area contributed by atoms with E-state index in [1.54, 1.807) is 0 Å². The fourth-order valence-corrected chi connectivity index (χ4v) is 1.54. The van der Waals surface area contributed by atoms with Crippen molar-refractivity contribution in [1.82, 2.24) is 4.90 Å². The van der Waals surface area contributed by atoms with Gasteiger partial charge in [-0.1, -0.05) is 0 Å². The molecule has 1 saturated heterocycles. The van der Waals surface area contributed by atoms with E-state index in [1.165, 1.54) is 0 Å². The topological polar surface area (TPSA) is 70.0 Å². The zero-order chi connectivity index (χ0) is 10.6. The Balaban J connectivity index is 2.13. The predicted molar refractivity (Wildman–Crippen MR) is 49.9 cm³/mol. The van der Waals surface area contributed by atoms with Crippen molar-refractivity contribution >= 4 is 5.97 Å². The Hall–Kier alpha value is -0.650. The van der Waals surface area contributed by atoms with Gasteiger partial charge in [-0.25, -0.2) is 0 Å². The third-order valence-electron chi connectivity index (χ3n) is 2.30. The summed E-state index contributed by atoms with van der Waals surface area (Å²) in [5.74, 6) is -0.906. The molecule has 0 saturated carbocycles. The minimum absolute atomic E-state index is 0.0452. The minimum Gasteiger partial charge on any atom is -0.481 e. The Morgan fingerprint density at radius 1 is 1.71 bits per heavy atom. The number of rotatable bonds is 5. The van der Waals surface area contributed by atoms with Gasteiger partial charge in [0.2, 0.25) is 0 Å². The number of carbonyl (C=O) groups is 1. The van der Waals surface area contributed by atoms with Gasteiger partial charge in [-0.15, -0.1) is 0 Å². The number of aliphatic hydroxyl groups is 1. The van der Waals surface area contributed by atoms with E-state index in [-0.39, 0.29) is 18.9 Å². The highest BCUT2D eigenvalue weighted by molar-refractivity contribution is 5.66. The summed E-state index contributed by atoms with van der Waals surface area (Å²) in [6, 6.07) is 0. The van der Waals surface area contributed by atoms with Crippen LogP contribution >= 0.6 is 0 Å². The smallest absolute Gasteiger partial charge is 0.303 e. The van der Waals surface area contributed by atoms with E-state index in [0.29, 0.717) is 0 Å². The van der Waals surface area contributed by atoms with Crippen LogP contribution in [0.1, 0.15) is 19.3 Å². The largest absolute Gasteiger partial charge is 0.481 e. The Kier molecular flexibility index (Phi) is 4.31. The Morgan fingerprint density at radius 3 is 2.93 bits per heavy atom. The van der Waals surface area contributed by atoms with E-state index in [2.05, 4.69) is 4.90 Å². The summed E-state index contributed by atoms with van der Waals surface area (Å²) >= 11 is 0. The zero-order valence-electron chi connectivity index (χ0n) is 8.35. The van der Waals surface area contributed by atoms with E-state index in [0.717, 1.165) is 19.5 Å². The summed E-state index contributed by atoms with van der Waals surface area (Å²) in [4.78, 5) is 12.3. The summed E-state index contributed by atoms with van der Waals surface area (Å²) < 4.78 is 5.28. The molecule has 1 heterocycles. The van der Waals surface area contributed by atoms with Crippen molar-refractivity contribution in [3.63, 3.8) is 0 Å². The fourth-order valence-electron chi connectivity index (χ4n) is 1.54. The molecule has 1 aliphatic heterocycles. The van der Waals surface area contributed by atoms with Gasteiger partial charge in [-0.2, -0.15) is 0 Å². The van der Waals surface area contributed by atoms with Gasteiger partial charge in [-0.3, -0.25) is 4.79 Å². The lowest BCUT2D eigenvalue weighted by molar-refractivity contribution is -0.149. The van der Waals surface area contributed by atoms with Gasteiger partial charge in [0.25, 0.3) is 0 Å². The number of ether oxygens (including phenoxy) is 1. The van der Waals surface area contributed by atoms with Crippen LogP contribution in [0, 0.1) is 0 Å². The van der Waals surface area contributed by atoms with Crippen molar-refractivity contribution in [3.8, 4) is 0 Å². The highest BCUT2D eigenvalue weighted by Gasteiger charge is 2.22. The number of carboxylic acid groups (broad SMARTS) is 1. The van der Waals surface area contributed by atoms with E-state index in [4.69, 9.17) is 9.84 Å². The molecule has 0 spiro atoms. The molecule has 0 radical (unpaired) electrons. The van der Waals surface area contributed by atoms with E-state index < -0.39 is 12.3 Å². The fraction of sp³-hybridized carbons (Fsp3) is 0.889. The normalized spacial score (nSPS) is 25.1. The number of likely N-dealkylation sites (N-methyl/N-ethyl adjacent to an activating group) is 1. The molecule has 2 N–H and O–H groups in total. The minimum atomic E-state index is -0.942. The lowest BCUT2D eigenvalue weighted by Crippen LogP contribution is -2.25. The van der Waals surface area contributed by atoms with E-state index in [1.807, 2.05) is 7.05 Å². The van der Waals surface area contributed by atoms with E-state index >= 15 is 0 Å². The number of aliphatic carboxylic acids is 1. The molecule has 1 fully saturated rings. The lowest BCUT2D eigenvalue weighted by Gasteiger charge is -2.16. The third kappa shape index (κ3) is 4.04. The van der Waals surface area contributed by atoms with Crippen molar-refractivity contribution in [2.24, 2.45) is 0 Å². The van der Waals surface area contributed by atoms with Gasteiger partial charge < -0.3 is 19.8 Å². The first-order valence-electron chi connectivity index (χ1n) is 4.82. The Morgan fingerprint density at radius 2 is 2.43 bits per heavy atom. The zero-order valence-corrected chi connectivity index (χ0v) is 8.35. The second kappa shape index (κ2) is 5.29. The molecule has 0 aliphatic carbocycles. The van der Waals surface area contributed by atoms with Crippen molar-refractivity contribution < 1.29 is 19.7 Å². The van der Waals surface area contributed by atoms with Crippen molar-refractivity contribution in [2.45, 2.75) is 31.7 Å². The second-order valence-electron chi connectivity index (χ2n) is 3.70. The molecule has 2 unspecified atom stereocenters. The van der Waals surface area contributed by atoms with Crippen molar-refractivity contribution in [1.29, 1.82) is 0 Å². The monoisotopic (exact) mass is 203 g/mol. The molecule has 14 heavy (non-hydrogen) atoms. The predicted octanol–water partition coefficient (Wildman–Crippen LogP) is -0.110. The average Bonchev–Trinajstić information content (AvgIpc) is 2.48. The van der Waals surface area contributed by atoms with Gasteiger partial charge >= 0.3 is 5.97 Å². The number of likely N-dealkylation sites (tertiary alicyclic amines) is 1. The molecule has 0 aromatic heterocycles. The maximum absolute atomic E-state index is 10.2. The molecular formula is C9H17NO4. The summed E-state index contributed by atoms with van der Waals surface area (Å²) in [5, 5.41) is 17.7. The number of nitrogens with zero attached hydrogens (tertiary/aromatic N) is 1. The highest BCUT2D eigenvalue weighted by Crippen LogP contribution is 2.13. The number of aliphatic hydroxyl groups excluding tert-OH is 1. The number of carboxylic acids is 1. The van der Waals surface area contributed by atoms with Crippen LogP contribution in [0.3, 0.4) is 0 Å². The SMILES string of the molecule is CN1CCC(OC(O)CCC(=O)O)C1. The van der Waals surface area contributed by atoms with Crippen LogP contribution in [-0.2, 0) is 9.53 Å². The van der Waals surface area contributed by atoms with Crippen LogP contribution in [0.4, 0.5) is 0 Å². The summed E-state index contributed by atoms with van der Waals surface area (Å²) in [7, 11) is 1.99. The van der Waals surface area contributed by atoms with Crippen molar-refractivity contribution in [3.05, 3.63) is 0 Å². The van der Waals surface area contributed by atoms with Crippen LogP contribution in [0.25, 0.3) is 0 Å². The molecule has 0 bridgehead atoms. The Labute approximate surface area is 83.3 Å². The van der Waals surface area contributed by atoms with Crippen LogP contribution in [0.2, 0.25) is 0 Å². The van der Waals surface area contributed by atoms with Gasteiger partial charge in [0.05, 0.1) is 12.5 Å². The number of hydrogen-bond acceptors (Lipinski definition) is 4. The molecular weight excluding hydrogens is 186 g/mol. The van der Waals surface area contributed by atoms with Gasteiger partial charge in [0, 0.05) is 19.5 Å². The molecule has 1 rings (SSSR count). The first-order valence-corrected chi connectivity index (χ1v) is 4.82. The van der Waals surface area contributed by atoms with Crippen LogP contribution < -0.4 is 0 Å². The van der Waals surface area contributed by atoms with E-state index in [9.17, 15) is 9.90 Å².